The Morgan fingerprint density at radius 2 is 2.00 bits per heavy atom. The molecule has 1 aliphatic rings. The molecule has 1 N–H and O–H groups in total. The van der Waals surface area contributed by atoms with E-state index in [1.165, 1.54) is 25.7 Å². The van der Waals surface area contributed by atoms with Crippen LogP contribution in [0, 0.1) is 5.92 Å². The van der Waals surface area contributed by atoms with Gasteiger partial charge in [0.15, 0.2) is 0 Å². The molecule has 0 aliphatic heterocycles. The fraction of sp³-hybridized carbons (Fsp3) is 0.857. The number of thiocarbonyl (C=S) groups is 1. The van der Waals surface area contributed by atoms with E-state index in [0.717, 1.165) is 4.99 Å². The van der Waals surface area contributed by atoms with E-state index in [4.69, 9.17) is 12.2 Å². The molecular formula is C7H13NS. The van der Waals surface area contributed by atoms with Crippen LogP contribution in [0.5, 0.6) is 0 Å². The van der Waals surface area contributed by atoms with Gasteiger partial charge in [0.25, 0.3) is 0 Å². The Morgan fingerprint density at radius 1 is 1.44 bits per heavy atom. The van der Waals surface area contributed by atoms with Crippen molar-refractivity contribution in [1.29, 1.82) is 0 Å². The highest BCUT2D eigenvalue weighted by Gasteiger charge is 2.17. The second-order valence-corrected chi connectivity index (χ2v) is 3.04. The van der Waals surface area contributed by atoms with Crippen molar-refractivity contribution in [3.8, 4) is 0 Å². The molecule has 0 bridgehead atoms. The lowest BCUT2D eigenvalue weighted by atomic mass is 10.1. The maximum absolute atomic E-state index is 5.10. The molecule has 0 heterocycles. The molecule has 0 radical (unpaired) electrons. The van der Waals surface area contributed by atoms with E-state index >= 15 is 0 Å². The first-order valence-electron chi connectivity index (χ1n) is 3.56. The topological polar surface area (TPSA) is 12.0 Å². The van der Waals surface area contributed by atoms with Gasteiger partial charge in [0, 0.05) is 13.0 Å². The molecule has 0 atom stereocenters. The zero-order chi connectivity index (χ0) is 6.69. The van der Waals surface area contributed by atoms with Crippen LogP contribution in [-0.4, -0.2) is 12.0 Å². The van der Waals surface area contributed by atoms with E-state index < -0.39 is 0 Å². The van der Waals surface area contributed by atoms with Crippen LogP contribution in [-0.2, 0) is 0 Å². The van der Waals surface area contributed by atoms with Crippen LogP contribution in [0.25, 0.3) is 0 Å². The van der Waals surface area contributed by atoms with Crippen molar-refractivity contribution in [1.82, 2.24) is 5.32 Å². The monoisotopic (exact) mass is 143 g/mol. The first kappa shape index (κ1) is 7.00. The summed E-state index contributed by atoms with van der Waals surface area (Å²) in [5.41, 5.74) is 0. The minimum absolute atomic E-state index is 0.699. The van der Waals surface area contributed by atoms with Crippen molar-refractivity contribution in [3.05, 3.63) is 0 Å². The summed E-state index contributed by atoms with van der Waals surface area (Å²) in [6, 6.07) is 0. The Morgan fingerprint density at radius 3 is 2.44 bits per heavy atom. The third kappa shape index (κ3) is 1.65. The fourth-order valence-electron chi connectivity index (χ4n) is 1.39. The summed E-state index contributed by atoms with van der Waals surface area (Å²) in [4.78, 5) is 1.06. The van der Waals surface area contributed by atoms with Gasteiger partial charge in [-0.1, -0.05) is 25.1 Å². The quantitative estimate of drug-likeness (QED) is 0.561. The number of hydrogen-bond acceptors (Lipinski definition) is 1. The van der Waals surface area contributed by atoms with Gasteiger partial charge in [0.2, 0.25) is 0 Å². The highest BCUT2D eigenvalue weighted by Crippen LogP contribution is 2.24. The van der Waals surface area contributed by atoms with Gasteiger partial charge in [0.05, 0.1) is 4.99 Å². The van der Waals surface area contributed by atoms with Gasteiger partial charge in [-0.3, -0.25) is 0 Å². The minimum Gasteiger partial charge on any atom is -0.383 e. The predicted octanol–water partition coefficient (Wildman–Crippen LogP) is 1.72. The van der Waals surface area contributed by atoms with Crippen LogP contribution in [0.4, 0.5) is 0 Å². The molecule has 52 valence electrons. The molecule has 1 rings (SSSR count). The van der Waals surface area contributed by atoms with Crippen molar-refractivity contribution in [3.63, 3.8) is 0 Å². The lowest BCUT2D eigenvalue weighted by Gasteiger charge is -2.08. The van der Waals surface area contributed by atoms with E-state index in [0.29, 0.717) is 5.92 Å². The summed E-state index contributed by atoms with van der Waals surface area (Å²) < 4.78 is 0. The van der Waals surface area contributed by atoms with Gasteiger partial charge >= 0.3 is 0 Å². The zero-order valence-corrected chi connectivity index (χ0v) is 6.63. The molecule has 0 aromatic carbocycles. The molecule has 1 saturated carbocycles. The fourth-order valence-corrected chi connectivity index (χ4v) is 1.63. The standard InChI is InChI=1S/C7H13NS/c1-8-7(9)6-4-2-3-5-6/h6H,2-5H2,1H3,(H,8,9). The van der Waals surface area contributed by atoms with Crippen molar-refractivity contribution < 1.29 is 0 Å². The van der Waals surface area contributed by atoms with Crippen LogP contribution < -0.4 is 5.32 Å². The third-order valence-corrected chi connectivity index (χ3v) is 2.51. The summed E-state index contributed by atoms with van der Waals surface area (Å²) >= 11 is 5.10. The maximum Gasteiger partial charge on any atom is 0.0782 e. The minimum atomic E-state index is 0.699. The molecule has 0 saturated heterocycles. The number of rotatable bonds is 1. The number of nitrogens with one attached hydrogen (secondary N) is 1. The van der Waals surface area contributed by atoms with Gasteiger partial charge < -0.3 is 5.32 Å². The predicted molar refractivity (Wildman–Crippen MR) is 43.6 cm³/mol. The zero-order valence-electron chi connectivity index (χ0n) is 5.81. The molecule has 1 nitrogen and oxygen atoms in total. The van der Waals surface area contributed by atoms with Crippen LogP contribution >= 0.6 is 12.2 Å². The van der Waals surface area contributed by atoms with E-state index in [1.807, 2.05) is 7.05 Å². The normalized spacial score (nSPS) is 20.1. The van der Waals surface area contributed by atoms with Crippen LogP contribution in [0.15, 0.2) is 0 Å². The third-order valence-electron chi connectivity index (χ3n) is 1.97. The summed E-state index contributed by atoms with van der Waals surface area (Å²) in [6.45, 7) is 0. The van der Waals surface area contributed by atoms with Gasteiger partial charge in [-0.05, 0) is 12.8 Å². The Balaban J connectivity index is 2.32. The van der Waals surface area contributed by atoms with Gasteiger partial charge in [-0.2, -0.15) is 0 Å². The average molecular weight is 143 g/mol. The summed E-state index contributed by atoms with van der Waals surface area (Å²) in [5.74, 6) is 0.699. The summed E-state index contributed by atoms with van der Waals surface area (Å²) in [6.07, 6.45) is 5.35. The lowest BCUT2D eigenvalue weighted by molar-refractivity contribution is 0.718. The summed E-state index contributed by atoms with van der Waals surface area (Å²) in [7, 11) is 1.92. The van der Waals surface area contributed by atoms with Gasteiger partial charge in [0.1, 0.15) is 0 Å². The Labute approximate surface area is 61.8 Å². The Hall–Kier alpha value is -0.110. The SMILES string of the molecule is CNC(=S)C1CCCC1. The van der Waals surface area contributed by atoms with Gasteiger partial charge in [-0.25, -0.2) is 0 Å². The largest absolute Gasteiger partial charge is 0.383 e. The molecule has 0 spiro atoms. The van der Waals surface area contributed by atoms with Crippen LogP contribution in [0.3, 0.4) is 0 Å². The molecule has 1 aliphatic carbocycles. The summed E-state index contributed by atoms with van der Waals surface area (Å²) in [5, 5.41) is 3.04. The van der Waals surface area contributed by atoms with Crippen LogP contribution in [0.2, 0.25) is 0 Å². The molecular weight excluding hydrogens is 130 g/mol. The van der Waals surface area contributed by atoms with Crippen LogP contribution in [0.1, 0.15) is 25.7 Å². The van der Waals surface area contributed by atoms with E-state index in [9.17, 15) is 0 Å². The van der Waals surface area contributed by atoms with E-state index in [1.54, 1.807) is 0 Å². The molecule has 1 fully saturated rings. The molecule has 9 heavy (non-hydrogen) atoms. The molecule has 0 aromatic rings. The molecule has 0 aromatic heterocycles. The second-order valence-electron chi connectivity index (χ2n) is 2.60. The second kappa shape index (κ2) is 3.16. The lowest BCUT2D eigenvalue weighted by Crippen LogP contribution is -2.22. The first-order chi connectivity index (χ1) is 4.34. The Bertz CT molecular complexity index is 105. The van der Waals surface area contributed by atoms with E-state index in [-0.39, 0.29) is 0 Å². The number of hydrogen-bond donors (Lipinski definition) is 1. The van der Waals surface area contributed by atoms with Crippen molar-refractivity contribution in [2.45, 2.75) is 25.7 Å². The van der Waals surface area contributed by atoms with Crippen molar-refractivity contribution in [2.75, 3.05) is 7.05 Å². The Kier molecular flexibility index (Phi) is 2.46. The molecule has 0 amide bonds. The highest BCUT2D eigenvalue weighted by atomic mass is 32.1. The van der Waals surface area contributed by atoms with Crippen molar-refractivity contribution in [2.24, 2.45) is 5.92 Å². The van der Waals surface area contributed by atoms with E-state index in [2.05, 4.69) is 5.32 Å². The van der Waals surface area contributed by atoms with Crippen molar-refractivity contribution >= 4 is 17.2 Å². The smallest absolute Gasteiger partial charge is 0.0782 e. The first-order valence-corrected chi connectivity index (χ1v) is 3.97. The molecule has 0 unspecified atom stereocenters. The molecule has 2 heteroatoms. The van der Waals surface area contributed by atoms with Gasteiger partial charge in [-0.15, -0.1) is 0 Å². The average Bonchev–Trinajstić information content (AvgIpc) is 2.37. The highest BCUT2D eigenvalue weighted by molar-refractivity contribution is 7.80. The maximum atomic E-state index is 5.10.